The number of amides is 1. The van der Waals surface area contributed by atoms with E-state index in [2.05, 4.69) is 13.8 Å². The summed E-state index contributed by atoms with van der Waals surface area (Å²) in [6.45, 7) is 4.12. The van der Waals surface area contributed by atoms with E-state index in [1.165, 1.54) is 0 Å². The molecule has 1 amide bonds. The van der Waals surface area contributed by atoms with Gasteiger partial charge in [-0.1, -0.05) is 50.2 Å². The average Bonchev–Trinajstić information content (AvgIpc) is 2.60. The molecule has 2 aromatic carbocycles. The number of hydrogen-bond acceptors (Lipinski definition) is 3. The molecule has 1 aliphatic carbocycles. The van der Waals surface area contributed by atoms with E-state index in [0.29, 0.717) is 18.5 Å². The maximum Gasteiger partial charge on any atom is 0.232 e. The molecule has 4 nitrogen and oxygen atoms in total. The number of anilines is 1. The van der Waals surface area contributed by atoms with Gasteiger partial charge in [0.2, 0.25) is 5.91 Å². The summed E-state index contributed by atoms with van der Waals surface area (Å²) in [7, 11) is 0. The molecule has 0 radical (unpaired) electrons. The van der Waals surface area contributed by atoms with Crippen LogP contribution in [-0.2, 0) is 9.59 Å². The maximum absolute atomic E-state index is 13.2. The molecule has 0 saturated heterocycles. The van der Waals surface area contributed by atoms with Crippen LogP contribution in [0.15, 0.2) is 65.9 Å². The standard InChI is InChI=1S/C23H23NO3/c1-23(2)13-19-22(20(26)14-23)18(15-7-4-3-5-8-15)12-21(27)24(19)16-9-6-10-17(25)11-16/h3-11,18,25H,12-14H2,1-2H3/t18-/m1/s1. The highest BCUT2D eigenvalue weighted by molar-refractivity contribution is 6.07. The molecule has 1 N–H and O–H groups in total. The molecule has 2 aromatic rings. The number of carbonyl (C=O) groups excluding carboxylic acids is 2. The van der Waals surface area contributed by atoms with Crippen LogP contribution in [-0.4, -0.2) is 16.8 Å². The first kappa shape index (κ1) is 17.5. The smallest absolute Gasteiger partial charge is 0.232 e. The van der Waals surface area contributed by atoms with Crippen LogP contribution in [0.3, 0.4) is 0 Å². The molecule has 27 heavy (non-hydrogen) atoms. The Bertz CT molecular complexity index is 943. The minimum atomic E-state index is -0.205. The Morgan fingerprint density at radius 2 is 1.74 bits per heavy atom. The molecule has 0 aromatic heterocycles. The zero-order chi connectivity index (χ0) is 19.2. The van der Waals surface area contributed by atoms with Gasteiger partial charge in [0.1, 0.15) is 5.75 Å². The van der Waals surface area contributed by atoms with Gasteiger partial charge in [0, 0.05) is 36.1 Å². The number of Topliss-reactive ketones (excluding diaryl/α,β-unsaturated/α-hetero) is 1. The molecule has 1 heterocycles. The number of phenols is 1. The fourth-order valence-corrected chi connectivity index (χ4v) is 4.32. The molecule has 138 valence electrons. The molecule has 4 rings (SSSR count). The molecule has 0 bridgehead atoms. The Morgan fingerprint density at radius 1 is 1.00 bits per heavy atom. The third-order valence-electron chi connectivity index (χ3n) is 5.43. The van der Waals surface area contributed by atoms with E-state index >= 15 is 0 Å². The van der Waals surface area contributed by atoms with Gasteiger partial charge in [0.15, 0.2) is 5.78 Å². The van der Waals surface area contributed by atoms with Gasteiger partial charge in [-0.25, -0.2) is 0 Å². The monoisotopic (exact) mass is 361 g/mol. The van der Waals surface area contributed by atoms with Crippen molar-refractivity contribution in [2.45, 2.75) is 39.0 Å². The zero-order valence-corrected chi connectivity index (χ0v) is 15.6. The second-order valence-corrected chi connectivity index (χ2v) is 8.22. The van der Waals surface area contributed by atoms with E-state index < -0.39 is 0 Å². The first-order valence-electron chi connectivity index (χ1n) is 9.29. The molecular weight excluding hydrogens is 338 g/mol. The highest BCUT2D eigenvalue weighted by atomic mass is 16.3. The third-order valence-corrected chi connectivity index (χ3v) is 5.43. The van der Waals surface area contributed by atoms with Gasteiger partial charge in [0.25, 0.3) is 0 Å². The van der Waals surface area contributed by atoms with Gasteiger partial charge in [0.05, 0.1) is 5.69 Å². The number of hydrogen-bond donors (Lipinski definition) is 1. The average molecular weight is 361 g/mol. The van der Waals surface area contributed by atoms with E-state index in [0.717, 1.165) is 16.8 Å². The molecule has 1 aliphatic heterocycles. The molecule has 0 unspecified atom stereocenters. The van der Waals surface area contributed by atoms with Crippen molar-refractivity contribution in [3.05, 3.63) is 71.4 Å². The lowest BCUT2D eigenvalue weighted by atomic mass is 9.69. The predicted molar refractivity (Wildman–Crippen MR) is 104 cm³/mol. The van der Waals surface area contributed by atoms with Gasteiger partial charge in [-0.3, -0.25) is 14.5 Å². The molecule has 1 atom stereocenters. The van der Waals surface area contributed by atoms with E-state index in [4.69, 9.17) is 0 Å². The van der Waals surface area contributed by atoms with Gasteiger partial charge in [-0.15, -0.1) is 0 Å². The van der Waals surface area contributed by atoms with Crippen molar-refractivity contribution in [2.24, 2.45) is 5.41 Å². The number of ketones is 1. The molecule has 0 saturated carbocycles. The highest BCUT2D eigenvalue weighted by Crippen LogP contribution is 2.48. The first-order valence-corrected chi connectivity index (χ1v) is 9.29. The predicted octanol–water partition coefficient (Wildman–Crippen LogP) is 4.56. The number of allylic oxidation sites excluding steroid dienone is 2. The number of benzene rings is 2. The Morgan fingerprint density at radius 3 is 2.44 bits per heavy atom. The number of rotatable bonds is 2. The van der Waals surface area contributed by atoms with Crippen LogP contribution in [0.2, 0.25) is 0 Å². The summed E-state index contributed by atoms with van der Waals surface area (Å²) in [5.41, 5.74) is 2.95. The van der Waals surface area contributed by atoms with Crippen LogP contribution in [0.5, 0.6) is 5.75 Å². The maximum atomic E-state index is 13.2. The van der Waals surface area contributed by atoms with Crippen LogP contribution >= 0.6 is 0 Å². The van der Waals surface area contributed by atoms with Crippen molar-refractivity contribution in [1.82, 2.24) is 0 Å². The van der Waals surface area contributed by atoms with Crippen LogP contribution < -0.4 is 4.90 Å². The minimum absolute atomic E-state index is 0.0429. The fourth-order valence-electron chi connectivity index (χ4n) is 4.32. The van der Waals surface area contributed by atoms with Crippen molar-refractivity contribution in [2.75, 3.05) is 4.90 Å². The molecule has 2 aliphatic rings. The molecular formula is C23H23NO3. The van der Waals surface area contributed by atoms with Crippen molar-refractivity contribution in [3.63, 3.8) is 0 Å². The fraction of sp³-hybridized carbons (Fsp3) is 0.304. The van der Waals surface area contributed by atoms with E-state index in [9.17, 15) is 14.7 Å². The summed E-state index contributed by atoms with van der Waals surface area (Å²) >= 11 is 0. The summed E-state index contributed by atoms with van der Waals surface area (Å²) in [5, 5.41) is 9.89. The van der Waals surface area contributed by atoms with E-state index in [-0.39, 0.29) is 35.2 Å². The van der Waals surface area contributed by atoms with Crippen LogP contribution in [0, 0.1) is 5.41 Å². The molecule has 0 spiro atoms. The summed E-state index contributed by atoms with van der Waals surface area (Å²) in [4.78, 5) is 27.9. The van der Waals surface area contributed by atoms with Crippen molar-refractivity contribution < 1.29 is 14.7 Å². The summed E-state index contributed by atoms with van der Waals surface area (Å²) < 4.78 is 0. The van der Waals surface area contributed by atoms with Gasteiger partial charge in [-0.2, -0.15) is 0 Å². The lowest BCUT2D eigenvalue weighted by molar-refractivity contribution is -0.121. The lowest BCUT2D eigenvalue weighted by Crippen LogP contribution is -2.43. The SMILES string of the molecule is CC1(C)CC(=O)C2=C(C1)N(c1cccc(O)c1)C(=O)C[C@@H]2c1ccccc1. The summed E-state index contributed by atoms with van der Waals surface area (Å²) in [5.74, 6) is -0.0219. The topological polar surface area (TPSA) is 57.6 Å². The van der Waals surface area contributed by atoms with Crippen molar-refractivity contribution in [3.8, 4) is 5.75 Å². The van der Waals surface area contributed by atoms with Crippen LogP contribution in [0.25, 0.3) is 0 Å². The Kier molecular flexibility index (Phi) is 4.14. The second kappa shape index (κ2) is 6.38. The lowest BCUT2D eigenvalue weighted by Gasteiger charge is -2.43. The van der Waals surface area contributed by atoms with Crippen LogP contribution in [0.1, 0.15) is 44.6 Å². The number of phenolic OH excluding ortho intramolecular Hbond substituents is 1. The van der Waals surface area contributed by atoms with Crippen LogP contribution in [0.4, 0.5) is 5.69 Å². The van der Waals surface area contributed by atoms with Gasteiger partial charge in [-0.05, 0) is 29.5 Å². The Hall–Kier alpha value is -2.88. The zero-order valence-electron chi connectivity index (χ0n) is 15.6. The Balaban J connectivity index is 1.91. The number of nitrogens with zero attached hydrogens (tertiary/aromatic N) is 1. The summed E-state index contributed by atoms with van der Waals surface area (Å²) in [6.07, 6.45) is 1.39. The molecule has 4 heteroatoms. The third kappa shape index (κ3) is 3.16. The number of carbonyl (C=O) groups is 2. The van der Waals surface area contributed by atoms with E-state index in [1.54, 1.807) is 29.2 Å². The second-order valence-electron chi connectivity index (χ2n) is 8.22. The normalized spacial score (nSPS) is 22.0. The van der Waals surface area contributed by atoms with Crippen molar-refractivity contribution >= 4 is 17.4 Å². The van der Waals surface area contributed by atoms with Gasteiger partial charge >= 0.3 is 0 Å². The highest BCUT2D eigenvalue weighted by Gasteiger charge is 2.44. The largest absolute Gasteiger partial charge is 0.508 e. The van der Waals surface area contributed by atoms with Crippen molar-refractivity contribution in [1.29, 1.82) is 0 Å². The Labute approximate surface area is 159 Å². The summed E-state index contributed by atoms with van der Waals surface area (Å²) in [6, 6.07) is 16.5. The quantitative estimate of drug-likeness (QED) is 0.853. The number of aromatic hydroxyl groups is 1. The minimum Gasteiger partial charge on any atom is -0.508 e. The van der Waals surface area contributed by atoms with Gasteiger partial charge < -0.3 is 5.11 Å². The van der Waals surface area contributed by atoms with E-state index in [1.807, 2.05) is 30.3 Å². The molecule has 0 fully saturated rings. The first-order chi connectivity index (χ1) is 12.9.